The molecule has 208 valence electrons. The van der Waals surface area contributed by atoms with Gasteiger partial charge in [-0.2, -0.15) is 26.3 Å². The van der Waals surface area contributed by atoms with Crippen LogP contribution in [0.2, 0.25) is 0 Å². The number of pyridine rings is 1. The molecule has 0 unspecified atom stereocenters. The highest BCUT2D eigenvalue weighted by atomic mass is 32.2. The van der Waals surface area contributed by atoms with E-state index in [1.54, 1.807) is 6.07 Å². The fourth-order valence-corrected chi connectivity index (χ4v) is 6.82. The number of thioether (sulfide) groups is 1. The second-order valence-electron chi connectivity index (χ2n) is 8.95. The Balaban J connectivity index is 1.43. The van der Waals surface area contributed by atoms with E-state index in [0.717, 1.165) is 48.3 Å². The fourth-order valence-electron chi connectivity index (χ4n) is 4.14. The molecule has 3 aromatic rings. The van der Waals surface area contributed by atoms with Crippen LogP contribution in [0, 0.1) is 5.92 Å². The van der Waals surface area contributed by atoms with Crippen molar-refractivity contribution in [1.82, 2.24) is 9.88 Å². The number of rotatable bonds is 6. The minimum atomic E-state index is -4.68. The van der Waals surface area contributed by atoms with Gasteiger partial charge in [-0.25, -0.2) is 8.42 Å². The predicted molar refractivity (Wildman–Crippen MR) is 132 cm³/mol. The van der Waals surface area contributed by atoms with E-state index in [1.165, 1.54) is 29.2 Å². The Morgan fingerprint density at radius 2 is 1.56 bits per heavy atom. The van der Waals surface area contributed by atoms with E-state index in [9.17, 15) is 39.6 Å². The Morgan fingerprint density at radius 3 is 2.13 bits per heavy atom. The van der Waals surface area contributed by atoms with Gasteiger partial charge in [-0.15, -0.1) is 11.8 Å². The molecule has 1 saturated heterocycles. The van der Waals surface area contributed by atoms with Crippen LogP contribution >= 0.6 is 11.8 Å². The highest BCUT2D eigenvalue weighted by Gasteiger charge is 2.35. The Labute approximate surface area is 225 Å². The maximum Gasteiger partial charge on any atom is 0.433 e. The first-order valence-electron chi connectivity index (χ1n) is 11.7. The van der Waals surface area contributed by atoms with Crippen molar-refractivity contribution in [3.05, 3.63) is 83.7 Å². The van der Waals surface area contributed by atoms with E-state index in [4.69, 9.17) is 0 Å². The first-order valence-corrected chi connectivity index (χ1v) is 14.2. The Kier molecular flexibility index (Phi) is 8.31. The normalized spacial score (nSPS) is 15.4. The van der Waals surface area contributed by atoms with E-state index in [-0.39, 0.29) is 45.0 Å². The monoisotopic (exact) mass is 588 g/mol. The maximum absolute atomic E-state index is 13.7. The number of hydrogen-bond donors (Lipinski definition) is 0. The fraction of sp³-hybridized carbons (Fsp3) is 0.308. The lowest BCUT2D eigenvalue weighted by atomic mass is 9.98. The summed E-state index contributed by atoms with van der Waals surface area (Å²) in [6, 6.07) is 12.0. The Hall–Kier alpha value is -3.06. The molecule has 39 heavy (non-hydrogen) atoms. The van der Waals surface area contributed by atoms with E-state index >= 15 is 0 Å². The molecule has 1 amide bonds. The van der Waals surface area contributed by atoms with Crippen LogP contribution in [0.3, 0.4) is 0 Å². The zero-order chi connectivity index (χ0) is 28.4. The summed E-state index contributed by atoms with van der Waals surface area (Å²) in [6.45, 7) is 0.555. The van der Waals surface area contributed by atoms with E-state index in [0.29, 0.717) is 12.8 Å². The molecule has 0 aliphatic carbocycles. The van der Waals surface area contributed by atoms with Crippen molar-refractivity contribution in [3.8, 4) is 0 Å². The molecule has 0 bridgehead atoms. The summed E-state index contributed by atoms with van der Waals surface area (Å²) >= 11 is 0.911. The van der Waals surface area contributed by atoms with Crippen molar-refractivity contribution >= 4 is 27.5 Å². The van der Waals surface area contributed by atoms with Crippen molar-refractivity contribution in [1.29, 1.82) is 0 Å². The number of nitrogens with zero attached hydrogens (tertiary/aromatic N) is 2. The summed E-state index contributed by atoms with van der Waals surface area (Å²) in [4.78, 5) is 17.0. The molecule has 0 atom stereocenters. The summed E-state index contributed by atoms with van der Waals surface area (Å²) < 4.78 is 105. The van der Waals surface area contributed by atoms with Gasteiger partial charge in [-0.1, -0.05) is 18.2 Å². The molecule has 2 aromatic carbocycles. The van der Waals surface area contributed by atoms with E-state index in [1.807, 2.05) is 0 Å². The van der Waals surface area contributed by atoms with Gasteiger partial charge in [-0.3, -0.25) is 9.78 Å². The van der Waals surface area contributed by atoms with Gasteiger partial charge in [0.15, 0.2) is 0 Å². The zero-order valence-corrected chi connectivity index (χ0v) is 21.8. The highest BCUT2D eigenvalue weighted by Crippen LogP contribution is 2.40. The third kappa shape index (κ3) is 6.75. The van der Waals surface area contributed by atoms with Gasteiger partial charge in [0.2, 0.25) is 9.84 Å². The maximum atomic E-state index is 13.7. The molecule has 1 aromatic heterocycles. The number of piperidine rings is 1. The zero-order valence-electron chi connectivity index (χ0n) is 20.2. The van der Waals surface area contributed by atoms with Crippen LogP contribution < -0.4 is 0 Å². The summed E-state index contributed by atoms with van der Waals surface area (Å²) in [5.74, 6) is -0.261. The van der Waals surface area contributed by atoms with Gasteiger partial charge in [0.05, 0.1) is 20.9 Å². The van der Waals surface area contributed by atoms with Crippen LogP contribution in [0.5, 0.6) is 0 Å². The number of amides is 1. The smallest absolute Gasteiger partial charge is 0.339 e. The number of aromatic nitrogens is 1. The van der Waals surface area contributed by atoms with Crippen LogP contribution in [-0.2, 0) is 22.2 Å². The molecule has 1 aliphatic heterocycles. The molecule has 4 rings (SSSR count). The number of benzene rings is 2. The van der Waals surface area contributed by atoms with Gasteiger partial charge in [0.1, 0.15) is 5.69 Å². The molecule has 13 heteroatoms. The lowest BCUT2D eigenvalue weighted by Crippen LogP contribution is -2.39. The summed E-state index contributed by atoms with van der Waals surface area (Å²) in [6.07, 6.45) is -7.48. The molecular formula is C26H22F6N2O3S2. The molecule has 1 aliphatic rings. The highest BCUT2D eigenvalue weighted by molar-refractivity contribution is 7.99. The second-order valence-corrected chi connectivity index (χ2v) is 12.0. The predicted octanol–water partition coefficient (Wildman–Crippen LogP) is 6.60. The lowest BCUT2D eigenvalue weighted by molar-refractivity contribution is -0.141. The van der Waals surface area contributed by atoms with Gasteiger partial charge in [0.25, 0.3) is 5.91 Å². The van der Waals surface area contributed by atoms with Crippen molar-refractivity contribution in [3.63, 3.8) is 0 Å². The summed E-state index contributed by atoms with van der Waals surface area (Å²) in [5.41, 5.74) is -2.02. The van der Waals surface area contributed by atoms with Crippen molar-refractivity contribution in [2.75, 3.05) is 18.8 Å². The molecule has 1 fully saturated rings. The minimum absolute atomic E-state index is 0.0158. The topological polar surface area (TPSA) is 67.3 Å². The second kappa shape index (κ2) is 11.2. The average molecular weight is 589 g/mol. The molecule has 0 saturated carbocycles. The van der Waals surface area contributed by atoms with Crippen LogP contribution in [0.25, 0.3) is 0 Å². The number of halogens is 6. The average Bonchev–Trinajstić information content (AvgIpc) is 2.91. The quantitative estimate of drug-likeness (QED) is 0.240. The Bertz CT molecular complexity index is 1420. The molecule has 0 N–H and O–H groups in total. The van der Waals surface area contributed by atoms with E-state index < -0.39 is 39.4 Å². The first kappa shape index (κ1) is 28.9. The van der Waals surface area contributed by atoms with Gasteiger partial charge >= 0.3 is 12.4 Å². The summed E-state index contributed by atoms with van der Waals surface area (Å²) in [7, 11) is -4.01. The van der Waals surface area contributed by atoms with Gasteiger partial charge in [-0.05, 0) is 61.2 Å². The number of hydrogen-bond acceptors (Lipinski definition) is 5. The number of likely N-dealkylation sites (tertiary alicyclic amines) is 1. The van der Waals surface area contributed by atoms with Crippen molar-refractivity contribution < 1.29 is 39.6 Å². The molecular weight excluding hydrogens is 566 g/mol. The largest absolute Gasteiger partial charge is 0.433 e. The van der Waals surface area contributed by atoms with Crippen LogP contribution in [-0.4, -0.2) is 43.1 Å². The van der Waals surface area contributed by atoms with Crippen molar-refractivity contribution in [2.24, 2.45) is 5.92 Å². The van der Waals surface area contributed by atoms with E-state index in [2.05, 4.69) is 4.98 Å². The molecule has 5 nitrogen and oxygen atoms in total. The van der Waals surface area contributed by atoms with Crippen molar-refractivity contribution in [2.45, 2.75) is 39.9 Å². The van der Waals surface area contributed by atoms with Gasteiger partial charge in [0, 0.05) is 29.9 Å². The molecule has 0 spiro atoms. The Morgan fingerprint density at radius 1 is 0.897 bits per heavy atom. The molecule has 2 heterocycles. The van der Waals surface area contributed by atoms with Crippen LogP contribution in [0.4, 0.5) is 26.3 Å². The minimum Gasteiger partial charge on any atom is -0.339 e. The van der Waals surface area contributed by atoms with Crippen LogP contribution in [0.1, 0.15) is 34.5 Å². The number of alkyl halides is 6. The van der Waals surface area contributed by atoms with Crippen LogP contribution in [0.15, 0.2) is 81.5 Å². The third-order valence-corrected chi connectivity index (χ3v) is 9.35. The van der Waals surface area contributed by atoms with Gasteiger partial charge < -0.3 is 4.90 Å². The SMILES string of the molecule is O=C(c1ccc(C(F)(F)F)nc1)N1CCC(CSc2cc(S(=O)(=O)c3ccccc3)ccc2C(F)(F)F)CC1. The summed E-state index contributed by atoms with van der Waals surface area (Å²) in [5, 5.41) is 0. The number of sulfone groups is 1. The standard InChI is InChI=1S/C26H22F6N2O3S2/c27-25(28,29)21-8-7-20(39(36,37)19-4-2-1-3-5-19)14-22(21)38-16-17-10-12-34(13-11-17)24(35)18-6-9-23(33-15-18)26(30,31)32/h1-9,14-15,17H,10-13,16H2. The molecule has 0 radical (unpaired) electrons. The number of carbonyl (C=O) groups excluding carboxylic acids is 1. The third-order valence-electron chi connectivity index (χ3n) is 6.30. The number of carbonyl (C=O) groups is 1. The lowest BCUT2D eigenvalue weighted by Gasteiger charge is -2.32. The first-order chi connectivity index (χ1) is 18.3.